The highest BCUT2D eigenvalue weighted by molar-refractivity contribution is 5.89. The zero-order valence-electron chi connectivity index (χ0n) is 19.0. The molecule has 2 aromatic carbocycles. The fourth-order valence-electron chi connectivity index (χ4n) is 4.68. The molecular formula is C25H33N5O2. The van der Waals surface area contributed by atoms with Crippen molar-refractivity contribution in [2.45, 2.75) is 37.8 Å². The first-order valence-corrected chi connectivity index (χ1v) is 11.3. The molecule has 2 heterocycles. The number of hydrogen-bond donors (Lipinski definition) is 2. The number of likely N-dealkylation sites (N-methyl/N-ethyl adjacent to an activating group) is 1. The molecule has 0 saturated carbocycles. The SMILES string of the molecule is CC(=O)N(C)C1CCN(c2ccc(NC(=O)N3CCC(N)(c4ccccc4)CC3)cc2)C1. The number of carbonyl (C=O) groups excluding carboxylic acids is 2. The normalized spacial score (nSPS) is 20.2. The van der Waals surface area contributed by atoms with Crippen LogP contribution in [0.4, 0.5) is 16.2 Å². The number of carbonyl (C=O) groups is 2. The standard InChI is InChI=1S/C25H33N5O2/c1-19(31)28(2)23-12-15-30(18-23)22-10-8-21(9-11-22)27-24(32)29-16-13-25(26,14-17-29)20-6-4-3-5-7-20/h3-11,23H,12-18,26H2,1-2H3,(H,27,32). The van der Waals surface area contributed by atoms with E-state index in [-0.39, 0.29) is 23.5 Å². The van der Waals surface area contributed by atoms with Crippen LogP contribution in [-0.2, 0) is 10.3 Å². The Bertz CT molecular complexity index is 939. The zero-order chi connectivity index (χ0) is 22.7. The third kappa shape index (κ3) is 4.72. The highest BCUT2D eigenvalue weighted by atomic mass is 16.2. The monoisotopic (exact) mass is 435 g/mol. The fraction of sp³-hybridized carbons (Fsp3) is 0.440. The van der Waals surface area contributed by atoms with Crippen LogP contribution in [0.2, 0.25) is 0 Å². The van der Waals surface area contributed by atoms with Crippen molar-refractivity contribution in [3.8, 4) is 0 Å². The molecule has 2 aromatic rings. The van der Waals surface area contributed by atoms with Gasteiger partial charge in [-0.3, -0.25) is 4.79 Å². The number of urea groups is 1. The van der Waals surface area contributed by atoms with E-state index in [0.29, 0.717) is 13.1 Å². The van der Waals surface area contributed by atoms with E-state index in [4.69, 9.17) is 5.73 Å². The minimum Gasteiger partial charge on any atom is -0.369 e. The third-order valence-corrected chi connectivity index (χ3v) is 6.98. The number of nitrogens with zero attached hydrogens (tertiary/aromatic N) is 3. The Balaban J connectivity index is 1.30. The summed E-state index contributed by atoms with van der Waals surface area (Å²) in [6.07, 6.45) is 2.46. The number of amides is 3. The van der Waals surface area contributed by atoms with Crippen LogP contribution in [0.3, 0.4) is 0 Å². The molecule has 2 saturated heterocycles. The Morgan fingerprint density at radius 1 is 1.03 bits per heavy atom. The summed E-state index contributed by atoms with van der Waals surface area (Å²) in [5.41, 5.74) is 9.28. The molecule has 0 spiro atoms. The van der Waals surface area contributed by atoms with Gasteiger partial charge in [0.25, 0.3) is 0 Å². The number of nitrogens with one attached hydrogen (secondary N) is 1. The lowest BCUT2D eigenvalue weighted by Gasteiger charge is -2.39. The van der Waals surface area contributed by atoms with Gasteiger partial charge in [-0.2, -0.15) is 0 Å². The highest BCUT2D eigenvalue weighted by Crippen LogP contribution is 2.30. The molecule has 2 aliphatic rings. The summed E-state index contributed by atoms with van der Waals surface area (Å²) in [6, 6.07) is 18.3. The van der Waals surface area contributed by atoms with Crippen molar-refractivity contribution in [1.29, 1.82) is 0 Å². The number of benzene rings is 2. The molecule has 1 atom stereocenters. The average molecular weight is 436 g/mol. The lowest BCUT2D eigenvalue weighted by atomic mass is 9.82. The van der Waals surface area contributed by atoms with Crippen LogP contribution >= 0.6 is 0 Å². The molecule has 2 aliphatic heterocycles. The van der Waals surface area contributed by atoms with Gasteiger partial charge in [0.05, 0.1) is 6.04 Å². The van der Waals surface area contributed by atoms with Crippen molar-refractivity contribution in [2.24, 2.45) is 5.73 Å². The maximum absolute atomic E-state index is 12.8. The van der Waals surface area contributed by atoms with Crippen molar-refractivity contribution >= 4 is 23.3 Å². The number of hydrogen-bond acceptors (Lipinski definition) is 4. The molecule has 170 valence electrons. The van der Waals surface area contributed by atoms with E-state index in [9.17, 15) is 9.59 Å². The molecule has 4 rings (SSSR count). The van der Waals surface area contributed by atoms with Crippen molar-refractivity contribution in [2.75, 3.05) is 43.4 Å². The molecule has 1 unspecified atom stereocenters. The van der Waals surface area contributed by atoms with E-state index in [1.54, 1.807) is 6.92 Å². The Hall–Kier alpha value is -3.06. The second kappa shape index (κ2) is 9.20. The van der Waals surface area contributed by atoms with Gasteiger partial charge in [-0.15, -0.1) is 0 Å². The van der Waals surface area contributed by atoms with E-state index in [1.807, 2.05) is 59.3 Å². The minimum absolute atomic E-state index is 0.0859. The molecule has 32 heavy (non-hydrogen) atoms. The predicted octanol–water partition coefficient (Wildman–Crippen LogP) is 3.23. The summed E-state index contributed by atoms with van der Waals surface area (Å²) in [4.78, 5) is 30.3. The van der Waals surface area contributed by atoms with Crippen LogP contribution < -0.4 is 16.0 Å². The number of piperidine rings is 1. The minimum atomic E-state index is -0.371. The van der Waals surface area contributed by atoms with Crippen molar-refractivity contribution in [3.05, 3.63) is 60.2 Å². The first-order valence-electron chi connectivity index (χ1n) is 11.3. The lowest BCUT2D eigenvalue weighted by Crippen LogP contribution is -2.50. The quantitative estimate of drug-likeness (QED) is 0.773. The van der Waals surface area contributed by atoms with Crippen LogP contribution in [0.25, 0.3) is 0 Å². The summed E-state index contributed by atoms with van der Waals surface area (Å²) >= 11 is 0. The topological polar surface area (TPSA) is 81.9 Å². The van der Waals surface area contributed by atoms with Gasteiger partial charge in [0.2, 0.25) is 5.91 Å². The molecule has 7 heteroatoms. The third-order valence-electron chi connectivity index (χ3n) is 6.98. The largest absolute Gasteiger partial charge is 0.369 e. The first kappa shape index (κ1) is 22.1. The Morgan fingerprint density at radius 2 is 1.69 bits per heavy atom. The molecule has 3 amide bonds. The Morgan fingerprint density at radius 3 is 2.31 bits per heavy atom. The molecule has 0 aromatic heterocycles. The summed E-state index contributed by atoms with van der Waals surface area (Å²) < 4.78 is 0. The van der Waals surface area contributed by atoms with Crippen LogP contribution in [0.15, 0.2) is 54.6 Å². The molecule has 7 nitrogen and oxygen atoms in total. The first-order chi connectivity index (χ1) is 15.4. The molecule has 3 N–H and O–H groups in total. The molecule has 0 radical (unpaired) electrons. The van der Waals surface area contributed by atoms with Gasteiger partial charge < -0.3 is 25.8 Å². The summed E-state index contributed by atoms with van der Waals surface area (Å²) in [7, 11) is 1.87. The van der Waals surface area contributed by atoms with E-state index in [0.717, 1.165) is 49.3 Å². The summed E-state index contributed by atoms with van der Waals surface area (Å²) in [5, 5.41) is 3.01. The summed E-state index contributed by atoms with van der Waals surface area (Å²) in [5.74, 6) is 0.100. The van der Waals surface area contributed by atoms with Gasteiger partial charge in [0.15, 0.2) is 0 Å². The Labute approximate surface area is 190 Å². The second-order valence-electron chi connectivity index (χ2n) is 9.00. The molecule has 0 bridgehead atoms. The Kier molecular flexibility index (Phi) is 6.37. The fourth-order valence-corrected chi connectivity index (χ4v) is 4.68. The highest BCUT2D eigenvalue weighted by Gasteiger charge is 2.34. The lowest BCUT2D eigenvalue weighted by molar-refractivity contribution is -0.129. The van der Waals surface area contributed by atoms with Crippen LogP contribution in [-0.4, -0.2) is 61.0 Å². The maximum Gasteiger partial charge on any atom is 0.321 e. The molecule has 2 fully saturated rings. The number of likely N-dealkylation sites (tertiary alicyclic amines) is 1. The van der Waals surface area contributed by atoms with Gasteiger partial charge in [-0.05, 0) is 49.1 Å². The van der Waals surface area contributed by atoms with E-state index < -0.39 is 0 Å². The maximum atomic E-state index is 12.8. The van der Waals surface area contributed by atoms with Gasteiger partial charge in [0, 0.05) is 57.1 Å². The van der Waals surface area contributed by atoms with Gasteiger partial charge in [-0.1, -0.05) is 30.3 Å². The van der Waals surface area contributed by atoms with Crippen LogP contribution in [0.1, 0.15) is 31.7 Å². The van der Waals surface area contributed by atoms with Crippen molar-refractivity contribution in [3.63, 3.8) is 0 Å². The van der Waals surface area contributed by atoms with Crippen molar-refractivity contribution in [1.82, 2.24) is 9.80 Å². The van der Waals surface area contributed by atoms with E-state index in [2.05, 4.69) is 22.3 Å². The van der Waals surface area contributed by atoms with Crippen LogP contribution in [0, 0.1) is 0 Å². The predicted molar refractivity (Wildman–Crippen MR) is 128 cm³/mol. The van der Waals surface area contributed by atoms with Crippen LogP contribution in [0.5, 0.6) is 0 Å². The second-order valence-corrected chi connectivity index (χ2v) is 9.00. The van der Waals surface area contributed by atoms with E-state index in [1.165, 1.54) is 0 Å². The number of rotatable bonds is 4. The number of anilines is 2. The summed E-state index contributed by atoms with van der Waals surface area (Å²) in [6.45, 7) is 4.63. The van der Waals surface area contributed by atoms with E-state index >= 15 is 0 Å². The zero-order valence-corrected chi connectivity index (χ0v) is 19.0. The smallest absolute Gasteiger partial charge is 0.321 e. The van der Waals surface area contributed by atoms with Gasteiger partial charge >= 0.3 is 6.03 Å². The average Bonchev–Trinajstić information content (AvgIpc) is 3.30. The van der Waals surface area contributed by atoms with Gasteiger partial charge in [-0.25, -0.2) is 4.79 Å². The number of nitrogens with two attached hydrogens (primary N) is 1. The molecule has 0 aliphatic carbocycles. The van der Waals surface area contributed by atoms with Crippen molar-refractivity contribution < 1.29 is 9.59 Å². The molecular weight excluding hydrogens is 402 g/mol. The van der Waals surface area contributed by atoms with Gasteiger partial charge in [0.1, 0.15) is 0 Å².